The summed E-state index contributed by atoms with van der Waals surface area (Å²) in [5.74, 6) is 1.01. The Bertz CT molecular complexity index is 646. The molecule has 1 N–H and O–H groups in total. The lowest BCUT2D eigenvalue weighted by Gasteiger charge is -2.19. The quantitative estimate of drug-likeness (QED) is 0.896. The highest BCUT2D eigenvalue weighted by atomic mass is 16.5. The molecule has 0 saturated carbocycles. The van der Waals surface area contributed by atoms with E-state index < -0.39 is 0 Å². The summed E-state index contributed by atoms with van der Waals surface area (Å²) in [6, 6.07) is 9.01. The van der Waals surface area contributed by atoms with Crippen molar-refractivity contribution in [2.75, 3.05) is 12.0 Å². The number of hydrogen-bond acceptors (Lipinski definition) is 5. The average Bonchev–Trinajstić information content (AvgIpc) is 3.12. The van der Waals surface area contributed by atoms with Gasteiger partial charge in [0.25, 0.3) is 0 Å². The Balaban J connectivity index is 1.75. The van der Waals surface area contributed by atoms with Crippen molar-refractivity contribution in [1.29, 1.82) is 0 Å². The highest BCUT2D eigenvalue weighted by Gasteiger charge is 2.26. The fraction of sp³-hybridized carbons (Fsp3) is 0.333. The van der Waals surface area contributed by atoms with Gasteiger partial charge in [-0.25, -0.2) is 0 Å². The SMILES string of the molecule is COc1nc2c(c(N3Cc4ccccc4C3)n1)CNC2. The number of rotatable bonds is 2. The van der Waals surface area contributed by atoms with Crippen LogP contribution in [0.4, 0.5) is 5.82 Å². The summed E-state index contributed by atoms with van der Waals surface area (Å²) in [7, 11) is 1.62. The molecule has 0 radical (unpaired) electrons. The van der Waals surface area contributed by atoms with Gasteiger partial charge in [0.2, 0.25) is 0 Å². The Kier molecular flexibility index (Phi) is 2.60. The van der Waals surface area contributed by atoms with E-state index in [0.717, 1.165) is 37.7 Å². The number of hydrogen-bond donors (Lipinski definition) is 1. The summed E-state index contributed by atoms with van der Waals surface area (Å²) in [5, 5.41) is 3.34. The van der Waals surface area contributed by atoms with Crippen molar-refractivity contribution >= 4 is 5.82 Å². The van der Waals surface area contributed by atoms with Crippen molar-refractivity contribution in [3.8, 4) is 6.01 Å². The minimum absolute atomic E-state index is 0.457. The fourth-order valence-electron chi connectivity index (χ4n) is 2.96. The van der Waals surface area contributed by atoms with Gasteiger partial charge in [0.1, 0.15) is 5.82 Å². The van der Waals surface area contributed by atoms with Crippen LogP contribution in [-0.2, 0) is 26.2 Å². The maximum absolute atomic E-state index is 5.24. The second-order valence-corrected chi connectivity index (χ2v) is 5.19. The summed E-state index contributed by atoms with van der Waals surface area (Å²) >= 11 is 0. The summed E-state index contributed by atoms with van der Waals surface area (Å²) in [5.41, 5.74) is 5.02. The van der Waals surface area contributed by atoms with Crippen LogP contribution >= 0.6 is 0 Å². The predicted octanol–water partition coefficient (Wildman–Crippen LogP) is 1.61. The first-order valence-corrected chi connectivity index (χ1v) is 6.81. The van der Waals surface area contributed by atoms with E-state index in [4.69, 9.17) is 4.74 Å². The number of nitrogens with zero attached hydrogens (tertiary/aromatic N) is 3. The summed E-state index contributed by atoms with van der Waals surface area (Å²) in [4.78, 5) is 11.3. The monoisotopic (exact) mass is 268 g/mol. The van der Waals surface area contributed by atoms with Crippen LogP contribution in [0, 0.1) is 0 Å². The zero-order valence-electron chi connectivity index (χ0n) is 11.4. The van der Waals surface area contributed by atoms with Gasteiger partial charge < -0.3 is 15.0 Å². The van der Waals surface area contributed by atoms with Gasteiger partial charge in [-0.05, 0) is 11.1 Å². The van der Waals surface area contributed by atoms with Crippen molar-refractivity contribution in [2.24, 2.45) is 0 Å². The minimum atomic E-state index is 0.457. The van der Waals surface area contributed by atoms with Gasteiger partial charge in [-0.3, -0.25) is 0 Å². The van der Waals surface area contributed by atoms with Crippen LogP contribution in [0.1, 0.15) is 22.4 Å². The van der Waals surface area contributed by atoms with Gasteiger partial charge in [0.15, 0.2) is 0 Å². The molecule has 2 aliphatic heterocycles. The molecule has 2 aromatic rings. The molecule has 0 atom stereocenters. The lowest BCUT2D eigenvalue weighted by molar-refractivity contribution is 0.378. The molecule has 0 unspecified atom stereocenters. The highest BCUT2D eigenvalue weighted by Crippen LogP contribution is 2.32. The predicted molar refractivity (Wildman–Crippen MR) is 75.5 cm³/mol. The zero-order valence-corrected chi connectivity index (χ0v) is 11.4. The van der Waals surface area contributed by atoms with Crippen molar-refractivity contribution in [3.63, 3.8) is 0 Å². The molecule has 0 saturated heterocycles. The lowest BCUT2D eigenvalue weighted by Crippen LogP contribution is -2.19. The number of benzene rings is 1. The Morgan fingerprint density at radius 2 is 1.85 bits per heavy atom. The molecule has 1 aromatic heterocycles. The number of nitrogens with one attached hydrogen (secondary N) is 1. The molecule has 0 amide bonds. The lowest BCUT2D eigenvalue weighted by atomic mass is 10.1. The van der Waals surface area contributed by atoms with Crippen LogP contribution < -0.4 is 15.0 Å². The van der Waals surface area contributed by atoms with Crippen LogP contribution in [0.15, 0.2) is 24.3 Å². The molecule has 2 aliphatic rings. The van der Waals surface area contributed by atoms with E-state index in [0.29, 0.717) is 6.01 Å². The second-order valence-electron chi connectivity index (χ2n) is 5.19. The van der Waals surface area contributed by atoms with Crippen molar-refractivity contribution < 1.29 is 4.74 Å². The molecular formula is C15H16N4O. The Hall–Kier alpha value is -2.14. The van der Waals surface area contributed by atoms with Crippen molar-refractivity contribution in [3.05, 3.63) is 46.6 Å². The van der Waals surface area contributed by atoms with Gasteiger partial charge in [0, 0.05) is 31.7 Å². The first kappa shape index (κ1) is 11.7. The zero-order chi connectivity index (χ0) is 13.5. The molecule has 0 fully saturated rings. The van der Waals surface area contributed by atoms with E-state index in [1.807, 2.05) is 0 Å². The summed E-state index contributed by atoms with van der Waals surface area (Å²) in [6.07, 6.45) is 0. The van der Waals surface area contributed by atoms with Crippen LogP contribution in [0.2, 0.25) is 0 Å². The third-order valence-electron chi connectivity index (χ3n) is 3.97. The van der Waals surface area contributed by atoms with Crippen LogP contribution in [-0.4, -0.2) is 17.1 Å². The smallest absolute Gasteiger partial charge is 0.318 e. The van der Waals surface area contributed by atoms with Gasteiger partial charge in [-0.15, -0.1) is 0 Å². The first-order valence-electron chi connectivity index (χ1n) is 6.81. The Morgan fingerprint density at radius 1 is 1.10 bits per heavy atom. The molecule has 0 bridgehead atoms. The van der Waals surface area contributed by atoms with E-state index >= 15 is 0 Å². The number of fused-ring (bicyclic) bond motifs is 2. The molecular weight excluding hydrogens is 252 g/mol. The summed E-state index contributed by atoms with van der Waals surface area (Å²) < 4.78 is 5.24. The molecule has 0 aliphatic carbocycles. The summed E-state index contributed by atoms with van der Waals surface area (Å²) in [6.45, 7) is 3.44. The van der Waals surface area contributed by atoms with Gasteiger partial charge in [-0.2, -0.15) is 9.97 Å². The molecule has 0 spiro atoms. The molecule has 5 heteroatoms. The molecule has 3 heterocycles. The highest BCUT2D eigenvalue weighted by molar-refractivity contribution is 5.55. The maximum Gasteiger partial charge on any atom is 0.318 e. The van der Waals surface area contributed by atoms with E-state index in [9.17, 15) is 0 Å². The second kappa shape index (κ2) is 4.45. The average molecular weight is 268 g/mol. The standard InChI is InChI=1S/C15H16N4O/c1-20-15-17-13-7-16-6-12(13)14(18-15)19-8-10-4-2-3-5-11(10)9-19/h2-5,16H,6-9H2,1H3. The largest absolute Gasteiger partial charge is 0.467 e. The van der Waals surface area contributed by atoms with Crippen molar-refractivity contribution in [2.45, 2.75) is 26.2 Å². The fourth-order valence-corrected chi connectivity index (χ4v) is 2.96. The van der Waals surface area contributed by atoms with E-state index in [-0.39, 0.29) is 0 Å². The Labute approximate surface area is 117 Å². The maximum atomic E-state index is 5.24. The molecule has 102 valence electrons. The number of methoxy groups -OCH3 is 1. The van der Waals surface area contributed by atoms with E-state index in [1.165, 1.54) is 16.7 Å². The molecule has 1 aromatic carbocycles. The van der Waals surface area contributed by atoms with Crippen molar-refractivity contribution in [1.82, 2.24) is 15.3 Å². The number of ether oxygens (including phenoxy) is 1. The number of aromatic nitrogens is 2. The number of anilines is 1. The van der Waals surface area contributed by atoms with Gasteiger partial charge >= 0.3 is 6.01 Å². The third-order valence-corrected chi connectivity index (χ3v) is 3.97. The normalized spacial score (nSPS) is 16.1. The van der Waals surface area contributed by atoms with E-state index in [1.54, 1.807) is 7.11 Å². The van der Waals surface area contributed by atoms with Gasteiger partial charge in [0.05, 0.1) is 12.8 Å². The van der Waals surface area contributed by atoms with Gasteiger partial charge in [-0.1, -0.05) is 24.3 Å². The topological polar surface area (TPSA) is 50.3 Å². The third kappa shape index (κ3) is 1.74. The molecule has 4 rings (SSSR count). The first-order chi connectivity index (χ1) is 9.85. The molecule has 20 heavy (non-hydrogen) atoms. The van der Waals surface area contributed by atoms with Crippen LogP contribution in [0.25, 0.3) is 0 Å². The molecule has 5 nitrogen and oxygen atoms in total. The van der Waals surface area contributed by atoms with Crippen LogP contribution in [0.3, 0.4) is 0 Å². The van der Waals surface area contributed by atoms with Crippen LogP contribution in [0.5, 0.6) is 6.01 Å². The Morgan fingerprint density at radius 3 is 2.55 bits per heavy atom. The van der Waals surface area contributed by atoms with E-state index in [2.05, 4.69) is 44.5 Å². The minimum Gasteiger partial charge on any atom is -0.467 e.